The van der Waals surface area contributed by atoms with E-state index < -0.39 is 0 Å². The van der Waals surface area contributed by atoms with Gasteiger partial charge < -0.3 is 4.74 Å². The monoisotopic (exact) mass is 370 g/mol. The summed E-state index contributed by atoms with van der Waals surface area (Å²) in [6.45, 7) is 0. The largest absolute Gasteiger partial charge is 0.497 e. The first-order valence-electron chi connectivity index (χ1n) is 8.69. The Hall–Kier alpha value is -3.17. The lowest BCUT2D eigenvalue weighted by Crippen LogP contribution is -1.97. The normalized spacial score (nSPS) is 10.6. The molecule has 0 N–H and O–H groups in total. The standard InChI is InChI=1S/C24H18O2S/c1-26-20-14-12-17(13-15-20)21-16-22(23(25)18-8-4-2-5-9-18)27-24(21)19-10-6-3-7-11-19/h2-16H,1H3. The van der Waals surface area contributed by atoms with Crippen LogP contribution < -0.4 is 4.74 Å². The predicted molar refractivity (Wildman–Crippen MR) is 112 cm³/mol. The highest BCUT2D eigenvalue weighted by atomic mass is 32.1. The molecule has 1 heterocycles. The van der Waals surface area contributed by atoms with E-state index in [9.17, 15) is 4.79 Å². The van der Waals surface area contributed by atoms with Crippen molar-refractivity contribution in [1.29, 1.82) is 0 Å². The predicted octanol–water partition coefficient (Wildman–Crippen LogP) is 6.32. The highest BCUT2D eigenvalue weighted by Gasteiger charge is 2.18. The van der Waals surface area contributed by atoms with Gasteiger partial charge in [0.2, 0.25) is 5.78 Å². The summed E-state index contributed by atoms with van der Waals surface area (Å²) in [6.07, 6.45) is 0. The van der Waals surface area contributed by atoms with E-state index in [-0.39, 0.29) is 5.78 Å². The van der Waals surface area contributed by atoms with Crippen molar-refractivity contribution in [2.24, 2.45) is 0 Å². The van der Waals surface area contributed by atoms with E-state index in [4.69, 9.17) is 4.74 Å². The van der Waals surface area contributed by atoms with Crippen LogP contribution in [0.2, 0.25) is 0 Å². The van der Waals surface area contributed by atoms with Crippen molar-refractivity contribution in [1.82, 2.24) is 0 Å². The van der Waals surface area contributed by atoms with Gasteiger partial charge in [0.05, 0.1) is 12.0 Å². The average molecular weight is 370 g/mol. The maximum absolute atomic E-state index is 13.0. The first-order valence-corrected chi connectivity index (χ1v) is 9.51. The molecule has 0 bridgehead atoms. The van der Waals surface area contributed by atoms with Gasteiger partial charge in [0.25, 0.3) is 0 Å². The van der Waals surface area contributed by atoms with Gasteiger partial charge in [-0.1, -0.05) is 72.8 Å². The number of hydrogen-bond acceptors (Lipinski definition) is 3. The number of carbonyl (C=O) groups is 1. The summed E-state index contributed by atoms with van der Waals surface area (Å²) in [4.78, 5) is 14.8. The van der Waals surface area contributed by atoms with E-state index in [1.165, 1.54) is 11.3 Å². The maximum Gasteiger partial charge on any atom is 0.202 e. The van der Waals surface area contributed by atoms with E-state index in [0.29, 0.717) is 5.56 Å². The van der Waals surface area contributed by atoms with Gasteiger partial charge in [-0.15, -0.1) is 11.3 Å². The van der Waals surface area contributed by atoms with E-state index in [2.05, 4.69) is 12.1 Å². The highest BCUT2D eigenvalue weighted by Crippen LogP contribution is 2.40. The van der Waals surface area contributed by atoms with Crippen molar-refractivity contribution in [2.75, 3.05) is 7.11 Å². The average Bonchev–Trinajstić information content (AvgIpc) is 3.20. The molecular formula is C24H18O2S. The van der Waals surface area contributed by atoms with Crippen LogP contribution in [-0.2, 0) is 0 Å². The van der Waals surface area contributed by atoms with Crippen LogP contribution in [0.5, 0.6) is 5.75 Å². The van der Waals surface area contributed by atoms with Gasteiger partial charge >= 0.3 is 0 Å². The maximum atomic E-state index is 13.0. The van der Waals surface area contributed by atoms with Crippen molar-refractivity contribution >= 4 is 17.1 Å². The minimum atomic E-state index is 0.0533. The summed E-state index contributed by atoms with van der Waals surface area (Å²) >= 11 is 1.54. The van der Waals surface area contributed by atoms with Gasteiger partial charge in [-0.05, 0) is 29.3 Å². The number of ether oxygens (including phenoxy) is 1. The Labute approximate surface area is 162 Å². The smallest absolute Gasteiger partial charge is 0.202 e. The number of methoxy groups -OCH3 is 1. The molecule has 0 amide bonds. The van der Waals surface area contributed by atoms with Crippen molar-refractivity contribution in [3.63, 3.8) is 0 Å². The number of hydrogen-bond donors (Lipinski definition) is 0. The molecule has 0 atom stereocenters. The minimum absolute atomic E-state index is 0.0533. The molecule has 27 heavy (non-hydrogen) atoms. The number of rotatable bonds is 5. The molecule has 0 radical (unpaired) electrons. The zero-order valence-electron chi connectivity index (χ0n) is 14.9. The number of ketones is 1. The third-order valence-electron chi connectivity index (χ3n) is 4.43. The van der Waals surface area contributed by atoms with Crippen LogP contribution in [0.15, 0.2) is 91.0 Å². The lowest BCUT2D eigenvalue weighted by Gasteiger charge is -2.05. The Kier molecular flexibility index (Phi) is 4.86. The second-order valence-electron chi connectivity index (χ2n) is 6.14. The molecule has 0 fully saturated rings. The van der Waals surface area contributed by atoms with Crippen LogP contribution in [0.3, 0.4) is 0 Å². The van der Waals surface area contributed by atoms with Gasteiger partial charge in [0.15, 0.2) is 0 Å². The Morgan fingerprint density at radius 2 is 1.41 bits per heavy atom. The van der Waals surface area contributed by atoms with Crippen molar-refractivity contribution < 1.29 is 9.53 Å². The van der Waals surface area contributed by atoms with Gasteiger partial charge in [0, 0.05) is 16.0 Å². The molecule has 1 aromatic heterocycles. The second kappa shape index (κ2) is 7.60. The molecule has 2 nitrogen and oxygen atoms in total. The summed E-state index contributed by atoms with van der Waals surface area (Å²) < 4.78 is 5.27. The number of carbonyl (C=O) groups excluding carboxylic acids is 1. The van der Waals surface area contributed by atoms with Gasteiger partial charge in [0.1, 0.15) is 5.75 Å². The fourth-order valence-electron chi connectivity index (χ4n) is 3.02. The first-order chi connectivity index (χ1) is 13.3. The molecule has 0 spiro atoms. The lowest BCUT2D eigenvalue weighted by molar-refractivity contribution is 0.104. The molecule has 4 aromatic rings. The third-order valence-corrected chi connectivity index (χ3v) is 5.61. The number of thiophene rings is 1. The topological polar surface area (TPSA) is 26.3 Å². The van der Waals surface area contributed by atoms with Crippen molar-refractivity contribution in [3.8, 4) is 27.3 Å². The van der Waals surface area contributed by atoms with Crippen LogP contribution in [0, 0.1) is 0 Å². The van der Waals surface area contributed by atoms with Gasteiger partial charge in [-0.3, -0.25) is 4.79 Å². The van der Waals surface area contributed by atoms with E-state index in [1.54, 1.807) is 7.11 Å². The molecule has 4 rings (SSSR count). The molecule has 0 aliphatic rings. The van der Waals surface area contributed by atoms with Crippen molar-refractivity contribution in [2.45, 2.75) is 0 Å². The summed E-state index contributed by atoms with van der Waals surface area (Å²) in [5, 5.41) is 0. The quantitative estimate of drug-likeness (QED) is 0.384. The molecule has 3 aromatic carbocycles. The fourth-order valence-corrected chi connectivity index (χ4v) is 4.17. The zero-order chi connectivity index (χ0) is 18.6. The Morgan fingerprint density at radius 1 is 0.778 bits per heavy atom. The Bertz CT molecular complexity index is 1050. The molecule has 0 aliphatic carbocycles. The highest BCUT2D eigenvalue weighted by molar-refractivity contribution is 7.18. The van der Waals surface area contributed by atoms with Crippen molar-refractivity contribution in [3.05, 3.63) is 101 Å². The van der Waals surface area contributed by atoms with Crippen LogP contribution in [-0.4, -0.2) is 12.9 Å². The molecular weight excluding hydrogens is 352 g/mol. The van der Waals surface area contributed by atoms with E-state index in [1.807, 2.05) is 78.9 Å². The zero-order valence-corrected chi connectivity index (χ0v) is 15.7. The molecule has 0 aliphatic heterocycles. The summed E-state index contributed by atoms with van der Waals surface area (Å²) in [6, 6.07) is 29.6. The minimum Gasteiger partial charge on any atom is -0.497 e. The second-order valence-corrected chi connectivity index (χ2v) is 7.20. The molecule has 132 valence electrons. The summed E-state index contributed by atoms with van der Waals surface area (Å²) in [5.41, 5.74) is 3.95. The summed E-state index contributed by atoms with van der Waals surface area (Å²) in [7, 11) is 1.66. The first kappa shape index (κ1) is 17.3. The lowest BCUT2D eigenvalue weighted by atomic mass is 10.0. The molecule has 0 unspecified atom stereocenters. The van der Waals surface area contributed by atoms with E-state index >= 15 is 0 Å². The van der Waals surface area contributed by atoms with E-state index in [0.717, 1.165) is 32.2 Å². The van der Waals surface area contributed by atoms with Gasteiger partial charge in [-0.2, -0.15) is 0 Å². The Balaban J connectivity index is 1.83. The fraction of sp³-hybridized carbons (Fsp3) is 0.0417. The van der Waals surface area contributed by atoms with Crippen LogP contribution in [0.25, 0.3) is 21.6 Å². The van der Waals surface area contributed by atoms with Crippen LogP contribution in [0.4, 0.5) is 0 Å². The molecule has 0 saturated carbocycles. The number of benzene rings is 3. The SMILES string of the molecule is COc1ccc(-c2cc(C(=O)c3ccccc3)sc2-c2ccccc2)cc1. The summed E-state index contributed by atoms with van der Waals surface area (Å²) in [5.74, 6) is 0.869. The third kappa shape index (κ3) is 3.55. The van der Waals surface area contributed by atoms with Crippen LogP contribution in [0.1, 0.15) is 15.2 Å². The Morgan fingerprint density at radius 3 is 2.04 bits per heavy atom. The molecule has 3 heteroatoms. The van der Waals surface area contributed by atoms with Crippen LogP contribution >= 0.6 is 11.3 Å². The molecule has 0 saturated heterocycles. The van der Waals surface area contributed by atoms with Gasteiger partial charge in [-0.25, -0.2) is 0 Å².